The predicted molar refractivity (Wildman–Crippen MR) is 124 cm³/mol. The first kappa shape index (κ1) is 24.4. The molecule has 0 fully saturated rings. The highest BCUT2D eigenvalue weighted by atomic mass is 35.5. The summed E-state index contributed by atoms with van der Waals surface area (Å²) in [5, 5.41) is 15.7. The highest BCUT2D eigenvalue weighted by Gasteiger charge is 2.14. The molecule has 0 saturated heterocycles. The topological polar surface area (TPSA) is 96.4 Å². The molecule has 1 aromatic carbocycles. The summed E-state index contributed by atoms with van der Waals surface area (Å²) in [6, 6.07) is 6.99. The van der Waals surface area contributed by atoms with Crippen LogP contribution >= 0.6 is 11.6 Å². The number of rotatable bonds is 9. The van der Waals surface area contributed by atoms with Gasteiger partial charge in [-0.1, -0.05) is 48.9 Å². The lowest BCUT2D eigenvalue weighted by Crippen LogP contribution is -2.14. The maximum atomic E-state index is 12.4. The standard InChI is InChI=1S/C23H29ClN4O3/c1-5-16(14-29)12-13-26-21-19(20(24)27-23(25-4)28-21)11-10-17-8-6-7-9-18(17)22(30)31-15(2)3/h6-9,15-16,29H,5,12-14H2,1-4H3,(H2,25,26,27,28). The summed E-state index contributed by atoms with van der Waals surface area (Å²) in [6.07, 6.45) is 1.44. The third-order valence-corrected chi connectivity index (χ3v) is 4.85. The number of ether oxygens (including phenoxy) is 1. The molecule has 0 amide bonds. The summed E-state index contributed by atoms with van der Waals surface area (Å²) in [5.41, 5.74) is 1.35. The van der Waals surface area contributed by atoms with Crippen molar-refractivity contribution in [3.05, 3.63) is 46.1 Å². The summed E-state index contributed by atoms with van der Waals surface area (Å²) in [4.78, 5) is 21.0. The van der Waals surface area contributed by atoms with Gasteiger partial charge in [0.1, 0.15) is 11.4 Å². The van der Waals surface area contributed by atoms with E-state index in [4.69, 9.17) is 16.3 Å². The Morgan fingerprint density at radius 2 is 2.00 bits per heavy atom. The second-order valence-corrected chi connectivity index (χ2v) is 7.59. The zero-order valence-electron chi connectivity index (χ0n) is 18.3. The molecule has 1 unspecified atom stereocenters. The molecule has 0 bridgehead atoms. The van der Waals surface area contributed by atoms with E-state index in [1.807, 2.05) is 6.92 Å². The van der Waals surface area contributed by atoms with Crippen molar-refractivity contribution < 1.29 is 14.6 Å². The molecule has 0 spiro atoms. The van der Waals surface area contributed by atoms with Crippen molar-refractivity contribution in [2.75, 3.05) is 30.8 Å². The Morgan fingerprint density at radius 3 is 2.65 bits per heavy atom. The number of hydrogen-bond acceptors (Lipinski definition) is 7. The van der Waals surface area contributed by atoms with Crippen molar-refractivity contribution in [1.29, 1.82) is 0 Å². The molecular weight excluding hydrogens is 416 g/mol. The van der Waals surface area contributed by atoms with Crippen molar-refractivity contribution in [2.24, 2.45) is 5.92 Å². The number of aromatic nitrogens is 2. The number of hydrogen-bond donors (Lipinski definition) is 3. The summed E-state index contributed by atoms with van der Waals surface area (Å²) in [7, 11) is 1.70. The molecule has 1 aromatic heterocycles. The van der Waals surface area contributed by atoms with Crippen molar-refractivity contribution >= 4 is 29.3 Å². The molecule has 8 heteroatoms. The Bertz CT molecular complexity index is 950. The van der Waals surface area contributed by atoms with Crippen LogP contribution in [0, 0.1) is 17.8 Å². The van der Waals surface area contributed by atoms with Crippen molar-refractivity contribution in [3.63, 3.8) is 0 Å². The fourth-order valence-electron chi connectivity index (χ4n) is 2.78. The molecular formula is C23H29ClN4O3. The van der Waals surface area contributed by atoms with E-state index in [2.05, 4.69) is 32.4 Å². The van der Waals surface area contributed by atoms with Crippen LogP contribution in [0.5, 0.6) is 0 Å². The maximum Gasteiger partial charge on any atom is 0.339 e. The van der Waals surface area contributed by atoms with E-state index in [0.717, 1.165) is 12.8 Å². The molecule has 7 nitrogen and oxygen atoms in total. The molecule has 2 rings (SSSR count). The zero-order valence-corrected chi connectivity index (χ0v) is 19.1. The van der Waals surface area contributed by atoms with Gasteiger partial charge in [-0.3, -0.25) is 0 Å². The van der Waals surface area contributed by atoms with Crippen LogP contribution in [-0.2, 0) is 4.74 Å². The van der Waals surface area contributed by atoms with Gasteiger partial charge >= 0.3 is 5.97 Å². The first-order valence-corrected chi connectivity index (χ1v) is 10.7. The average molecular weight is 445 g/mol. The fraction of sp³-hybridized carbons (Fsp3) is 0.435. The average Bonchev–Trinajstić information content (AvgIpc) is 2.75. The summed E-state index contributed by atoms with van der Waals surface area (Å²) in [6.45, 7) is 6.37. The molecule has 1 heterocycles. The third kappa shape index (κ3) is 7.12. The number of halogens is 1. The largest absolute Gasteiger partial charge is 0.459 e. The lowest BCUT2D eigenvalue weighted by atomic mass is 10.0. The number of carbonyl (C=O) groups excluding carboxylic acids is 1. The maximum absolute atomic E-state index is 12.4. The Balaban J connectivity index is 2.36. The van der Waals surface area contributed by atoms with Crippen LogP contribution in [0.15, 0.2) is 24.3 Å². The number of nitrogens with one attached hydrogen (secondary N) is 2. The number of carbonyl (C=O) groups is 1. The number of aliphatic hydroxyl groups excluding tert-OH is 1. The van der Waals surface area contributed by atoms with Gasteiger partial charge in [-0.25, -0.2) is 4.79 Å². The van der Waals surface area contributed by atoms with Gasteiger partial charge in [0.2, 0.25) is 5.95 Å². The van der Waals surface area contributed by atoms with Gasteiger partial charge in [0, 0.05) is 25.8 Å². The van der Waals surface area contributed by atoms with E-state index < -0.39 is 5.97 Å². The monoisotopic (exact) mass is 444 g/mol. The van der Waals surface area contributed by atoms with Crippen LogP contribution in [0.2, 0.25) is 5.15 Å². The molecule has 31 heavy (non-hydrogen) atoms. The normalized spacial score (nSPS) is 11.5. The van der Waals surface area contributed by atoms with Crippen molar-refractivity contribution in [3.8, 4) is 11.8 Å². The summed E-state index contributed by atoms with van der Waals surface area (Å²) >= 11 is 6.38. The number of benzene rings is 1. The second kappa shape index (κ2) is 12.1. The van der Waals surface area contributed by atoms with Gasteiger partial charge in [0.25, 0.3) is 0 Å². The van der Waals surface area contributed by atoms with Gasteiger partial charge in [0.15, 0.2) is 5.15 Å². The Kier molecular flexibility index (Phi) is 9.57. The van der Waals surface area contributed by atoms with Crippen LogP contribution in [0.3, 0.4) is 0 Å². The van der Waals surface area contributed by atoms with Crippen molar-refractivity contribution in [2.45, 2.75) is 39.7 Å². The Labute approximate surface area is 188 Å². The second-order valence-electron chi connectivity index (χ2n) is 7.23. The minimum Gasteiger partial charge on any atom is -0.459 e. The van der Waals surface area contributed by atoms with Crippen LogP contribution < -0.4 is 10.6 Å². The van der Waals surface area contributed by atoms with E-state index in [9.17, 15) is 9.90 Å². The van der Waals surface area contributed by atoms with Gasteiger partial charge < -0.3 is 20.5 Å². The molecule has 0 saturated carbocycles. The highest BCUT2D eigenvalue weighted by Crippen LogP contribution is 2.23. The highest BCUT2D eigenvalue weighted by molar-refractivity contribution is 6.31. The minimum atomic E-state index is -0.430. The molecule has 0 aliphatic carbocycles. The predicted octanol–water partition coefficient (Wildman–Crippen LogP) is 3.96. The lowest BCUT2D eigenvalue weighted by molar-refractivity contribution is 0.0377. The first-order chi connectivity index (χ1) is 14.9. The smallest absolute Gasteiger partial charge is 0.339 e. The molecule has 0 radical (unpaired) electrons. The summed E-state index contributed by atoms with van der Waals surface area (Å²) < 4.78 is 5.30. The van der Waals surface area contributed by atoms with Gasteiger partial charge in [-0.2, -0.15) is 9.97 Å². The van der Waals surface area contributed by atoms with Crippen LogP contribution in [-0.4, -0.2) is 47.3 Å². The lowest BCUT2D eigenvalue weighted by Gasteiger charge is -2.14. The van der Waals surface area contributed by atoms with E-state index in [0.29, 0.717) is 35.0 Å². The number of esters is 1. The Morgan fingerprint density at radius 1 is 1.26 bits per heavy atom. The molecule has 3 N–H and O–H groups in total. The third-order valence-electron chi connectivity index (χ3n) is 4.58. The van der Waals surface area contributed by atoms with Gasteiger partial charge in [-0.05, 0) is 38.3 Å². The van der Waals surface area contributed by atoms with E-state index in [-0.39, 0.29) is 23.8 Å². The Hall–Kier alpha value is -2.82. The zero-order chi connectivity index (χ0) is 22.8. The van der Waals surface area contributed by atoms with Gasteiger partial charge in [0.05, 0.1) is 11.7 Å². The van der Waals surface area contributed by atoms with Gasteiger partial charge in [-0.15, -0.1) is 0 Å². The fourth-order valence-corrected chi connectivity index (χ4v) is 3.00. The van der Waals surface area contributed by atoms with E-state index in [1.165, 1.54) is 0 Å². The van der Waals surface area contributed by atoms with Crippen molar-refractivity contribution in [1.82, 2.24) is 9.97 Å². The van der Waals surface area contributed by atoms with Crippen LogP contribution in [0.1, 0.15) is 55.1 Å². The number of anilines is 2. The minimum absolute atomic E-state index is 0.139. The van der Waals surface area contributed by atoms with E-state index in [1.54, 1.807) is 45.2 Å². The molecule has 1 atom stereocenters. The SMILES string of the molecule is CCC(CO)CCNc1nc(NC)nc(Cl)c1C#Cc1ccccc1C(=O)OC(C)C. The number of aliphatic hydroxyl groups is 1. The first-order valence-electron chi connectivity index (χ1n) is 10.3. The molecule has 2 aromatic rings. The van der Waals surface area contributed by atoms with E-state index >= 15 is 0 Å². The molecule has 0 aliphatic heterocycles. The molecule has 0 aliphatic rings. The summed E-state index contributed by atoms with van der Waals surface area (Å²) in [5.74, 6) is 6.66. The molecule has 166 valence electrons. The number of nitrogens with zero attached hydrogens (tertiary/aromatic N) is 2. The van der Waals surface area contributed by atoms with Crippen LogP contribution in [0.25, 0.3) is 0 Å². The quantitative estimate of drug-likeness (QED) is 0.306. The van der Waals surface area contributed by atoms with Crippen LogP contribution in [0.4, 0.5) is 11.8 Å².